The van der Waals surface area contributed by atoms with Gasteiger partial charge >= 0.3 is 0 Å². The van der Waals surface area contributed by atoms with E-state index in [-0.39, 0.29) is 12.1 Å². The van der Waals surface area contributed by atoms with Gasteiger partial charge in [0.15, 0.2) is 6.23 Å². The number of nitrogens with zero attached hydrogens (tertiary/aromatic N) is 1. The van der Waals surface area contributed by atoms with Crippen molar-refractivity contribution >= 4 is 17.5 Å². The lowest BCUT2D eigenvalue weighted by molar-refractivity contribution is -0.131. The first-order valence-electron chi connectivity index (χ1n) is 7.90. The molecule has 0 unspecified atom stereocenters. The third kappa shape index (κ3) is 3.74. The van der Waals surface area contributed by atoms with Gasteiger partial charge < -0.3 is 9.64 Å². The molecule has 0 saturated carbocycles. The van der Waals surface area contributed by atoms with Crippen molar-refractivity contribution in [3.05, 3.63) is 71.8 Å². The number of carbonyl (C=O) groups excluding carboxylic acids is 1. The molecule has 0 radical (unpaired) electrons. The van der Waals surface area contributed by atoms with Crippen LogP contribution < -0.4 is 0 Å². The number of benzene rings is 2. The Morgan fingerprint density at radius 2 is 1.65 bits per heavy atom. The number of hydrogen-bond acceptors (Lipinski definition) is 2. The predicted octanol–water partition coefficient (Wildman–Crippen LogP) is 4.13. The fourth-order valence-corrected chi connectivity index (χ4v) is 3.01. The average Bonchev–Trinajstić information content (AvgIpc) is 2.91. The van der Waals surface area contributed by atoms with Gasteiger partial charge in [-0.3, -0.25) is 4.79 Å². The van der Waals surface area contributed by atoms with Crippen molar-refractivity contribution in [2.75, 3.05) is 5.88 Å². The Kier molecular flexibility index (Phi) is 5.31. The van der Waals surface area contributed by atoms with Crippen molar-refractivity contribution in [2.45, 2.75) is 31.7 Å². The molecule has 0 aromatic heterocycles. The van der Waals surface area contributed by atoms with E-state index in [1.807, 2.05) is 65.6 Å². The van der Waals surface area contributed by atoms with Crippen LogP contribution in [-0.2, 0) is 16.1 Å². The highest BCUT2D eigenvalue weighted by Gasteiger charge is 2.40. The second kappa shape index (κ2) is 7.62. The van der Waals surface area contributed by atoms with E-state index in [9.17, 15) is 4.79 Å². The average molecular weight is 330 g/mol. The lowest BCUT2D eigenvalue weighted by Crippen LogP contribution is -2.30. The van der Waals surface area contributed by atoms with Gasteiger partial charge in [0.05, 0.1) is 0 Å². The molecule has 1 saturated heterocycles. The van der Waals surface area contributed by atoms with Crippen molar-refractivity contribution in [2.24, 2.45) is 0 Å². The Labute approximate surface area is 141 Å². The van der Waals surface area contributed by atoms with Crippen LogP contribution >= 0.6 is 11.6 Å². The molecule has 1 heterocycles. The van der Waals surface area contributed by atoms with Crippen LogP contribution in [0.2, 0.25) is 0 Å². The smallest absolute Gasteiger partial charge is 0.254 e. The predicted molar refractivity (Wildman–Crippen MR) is 91.0 cm³/mol. The van der Waals surface area contributed by atoms with Crippen LogP contribution in [0.25, 0.3) is 0 Å². The molecule has 1 aliphatic rings. The Hall–Kier alpha value is -1.84. The molecule has 1 amide bonds. The maximum atomic E-state index is 12.8. The fraction of sp³-hybridized carbons (Fsp3) is 0.316. The summed E-state index contributed by atoms with van der Waals surface area (Å²) in [5, 5.41) is 0. The summed E-state index contributed by atoms with van der Waals surface area (Å²) < 4.78 is 6.06. The first-order chi connectivity index (χ1) is 11.3. The first-order valence-corrected chi connectivity index (χ1v) is 8.44. The molecule has 2 atom stereocenters. The van der Waals surface area contributed by atoms with Crippen molar-refractivity contribution in [3.63, 3.8) is 0 Å². The summed E-state index contributed by atoms with van der Waals surface area (Å²) >= 11 is 5.77. The van der Waals surface area contributed by atoms with Crippen LogP contribution in [0.4, 0.5) is 0 Å². The van der Waals surface area contributed by atoms with Gasteiger partial charge in [-0.2, -0.15) is 0 Å². The molecule has 2 aromatic carbocycles. The standard InChI is InChI=1S/C19H20ClNO2/c20-13-7-12-17-18(22)21(14-15-8-3-1-4-9-15)19(23-17)16-10-5-2-6-11-16/h1-6,8-11,17,19H,7,12-14H2/t17-,19+/m1/s1. The zero-order valence-corrected chi connectivity index (χ0v) is 13.7. The van der Waals surface area contributed by atoms with Crippen LogP contribution in [0.5, 0.6) is 0 Å². The van der Waals surface area contributed by atoms with Gasteiger partial charge in [-0.05, 0) is 18.4 Å². The number of rotatable bonds is 6. The molecule has 3 rings (SSSR count). The number of ether oxygens (including phenoxy) is 1. The minimum Gasteiger partial charge on any atom is -0.341 e. The van der Waals surface area contributed by atoms with Crippen LogP contribution in [-0.4, -0.2) is 22.8 Å². The van der Waals surface area contributed by atoms with Crippen LogP contribution in [0.15, 0.2) is 60.7 Å². The SMILES string of the molecule is O=C1[C@@H](CCCCl)O[C@@H](c2ccccc2)N1Cc1ccccc1. The van der Waals surface area contributed by atoms with Gasteiger partial charge in [-0.1, -0.05) is 60.7 Å². The third-order valence-electron chi connectivity index (χ3n) is 4.02. The van der Waals surface area contributed by atoms with E-state index in [1.54, 1.807) is 0 Å². The first kappa shape index (κ1) is 16.0. The molecule has 1 fully saturated rings. The molecular formula is C19H20ClNO2. The van der Waals surface area contributed by atoms with Crippen molar-refractivity contribution in [1.82, 2.24) is 4.90 Å². The lowest BCUT2D eigenvalue weighted by atomic mass is 10.1. The number of halogens is 1. The highest BCUT2D eigenvalue weighted by Crippen LogP contribution is 2.34. The quantitative estimate of drug-likeness (QED) is 0.746. The van der Waals surface area contributed by atoms with Crippen molar-refractivity contribution in [1.29, 1.82) is 0 Å². The molecule has 1 aliphatic heterocycles. The van der Waals surface area contributed by atoms with Crippen LogP contribution in [0.1, 0.15) is 30.2 Å². The van der Waals surface area contributed by atoms with E-state index >= 15 is 0 Å². The minimum atomic E-state index is -0.400. The van der Waals surface area contributed by atoms with E-state index in [1.165, 1.54) is 0 Å². The Balaban J connectivity index is 1.83. The van der Waals surface area contributed by atoms with Crippen molar-refractivity contribution < 1.29 is 9.53 Å². The largest absolute Gasteiger partial charge is 0.341 e. The van der Waals surface area contributed by atoms with E-state index in [2.05, 4.69) is 0 Å². The zero-order chi connectivity index (χ0) is 16.1. The lowest BCUT2D eigenvalue weighted by Gasteiger charge is -2.23. The summed E-state index contributed by atoms with van der Waals surface area (Å²) in [6, 6.07) is 19.9. The zero-order valence-electron chi connectivity index (χ0n) is 12.9. The summed E-state index contributed by atoms with van der Waals surface area (Å²) in [7, 11) is 0. The Bertz CT molecular complexity index is 632. The third-order valence-corrected chi connectivity index (χ3v) is 4.28. The molecule has 0 aliphatic carbocycles. The minimum absolute atomic E-state index is 0.0489. The molecule has 0 spiro atoms. The van der Waals surface area contributed by atoms with Crippen LogP contribution in [0.3, 0.4) is 0 Å². The van der Waals surface area contributed by atoms with E-state index in [0.717, 1.165) is 17.5 Å². The second-order valence-corrected chi connectivity index (χ2v) is 6.05. The summed E-state index contributed by atoms with van der Waals surface area (Å²) in [5.41, 5.74) is 2.11. The molecule has 23 heavy (non-hydrogen) atoms. The number of carbonyl (C=O) groups is 1. The molecular weight excluding hydrogens is 310 g/mol. The summed E-state index contributed by atoms with van der Waals surface area (Å²) in [6.45, 7) is 0.552. The molecule has 120 valence electrons. The highest BCUT2D eigenvalue weighted by molar-refractivity contribution is 6.17. The number of amides is 1. The summed E-state index contributed by atoms with van der Waals surface area (Å²) in [4.78, 5) is 14.6. The fourth-order valence-electron chi connectivity index (χ4n) is 2.86. The van der Waals surface area contributed by atoms with Gasteiger partial charge in [-0.25, -0.2) is 0 Å². The topological polar surface area (TPSA) is 29.5 Å². The van der Waals surface area contributed by atoms with Gasteiger partial charge in [0.2, 0.25) is 0 Å². The Morgan fingerprint density at radius 3 is 2.30 bits per heavy atom. The second-order valence-electron chi connectivity index (χ2n) is 5.67. The highest BCUT2D eigenvalue weighted by atomic mass is 35.5. The van der Waals surface area contributed by atoms with E-state index in [4.69, 9.17) is 16.3 Å². The summed E-state index contributed by atoms with van der Waals surface area (Å²) in [5.74, 6) is 0.592. The normalized spacial score (nSPS) is 20.9. The van der Waals surface area contributed by atoms with Gasteiger partial charge in [0.1, 0.15) is 6.10 Å². The van der Waals surface area contributed by atoms with E-state index < -0.39 is 6.10 Å². The molecule has 4 heteroatoms. The van der Waals surface area contributed by atoms with Gasteiger partial charge in [-0.15, -0.1) is 11.6 Å². The number of hydrogen-bond donors (Lipinski definition) is 0. The number of alkyl halides is 1. The van der Waals surface area contributed by atoms with Crippen molar-refractivity contribution in [3.8, 4) is 0 Å². The molecule has 2 aromatic rings. The molecule has 0 bridgehead atoms. The maximum absolute atomic E-state index is 12.8. The molecule has 0 N–H and O–H groups in total. The van der Waals surface area contributed by atoms with Gasteiger partial charge in [0, 0.05) is 18.0 Å². The molecule has 3 nitrogen and oxygen atoms in total. The van der Waals surface area contributed by atoms with E-state index in [0.29, 0.717) is 18.8 Å². The summed E-state index contributed by atoms with van der Waals surface area (Å²) in [6.07, 6.45) is 0.710. The van der Waals surface area contributed by atoms with Gasteiger partial charge in [0.25, 0.3) is 5.91 Å². The Morgan fingerprint density at radius 1 is 1.00 bits per heavy atom. The van der Waals surface area contributed by atoms with Crippen LogP contribution in [0, 0.1) is 0 Å². The maximum Gasteiger partial charge on any atom is 0.254 e. The monoisotopic (exact) mass is 329 g/mol.